The zero-order chi connectivity index (χ0) is 17.3. The Kier molecular flexibility index (Phi) is 4.87. The highest BCUT2D eigenvalue weighted by Gasteiger charge is 2.38. The second kappa shape index (κ2) is 6.76. The minimum Gasteiger partial charge on any atom is -0.371 e. The summed E-state index contributed by atoms with van der Waals surface area (Å²) in [5, 5.41) is 0.578. The van der Waals surface area contributed by atoms with E-state index in [0.29, 0.717) is 11.1 Å². The third kappa shape index (κ3) is 3.44. The Morgan fingerprint density at radius 2 is 1.88 bits per heavy atom. The van der Waals surface area contributed by atoms with Gasteiger partial charge in [0.25, 0.3) is 0 Å². The zero-order valence-electron chi connectivity index (χ0n) is 12.5. The molecule has 1 saturated heterocycles. The highest BCUT2D eigenvalue weighted by Crippen LogP contribution is 2.26. The van der Waals surface area contributed by atoms with Crippen molar-refractivity contribution < 1.29 is 21.9 Å². The molecule has 0 bridgehead atoms. The van der Waals surface area contributed by atoms with Crippen LogP contribution in [0.15, 0.2) is 47.4 Å². The van der Waals surface area contributed by atoms with Gasteiger partial charge in [-0.2, -0.15) is 4.31 Å². The predicted molar refractivity (Wildman–Crippen MR) is 85.1 cm³/mol. The maximum atomic E-state index is 13.7. The summed E-state index contributed by atoms with van der Waals surface area (Å²) in [5.74, 6) is -1.92. The summed E-state index contributed by atoms with van der Waals surface area (Å²) in [6.07, 6.45) is -0.292. The highest BCUT2D eigenvalue weighted by molar-refractivity contribution is 7.89. The smallest absolute Gasteiger partial charge is 0.246 e. The summed E-state index contributed by atoms with van der Waals surface area (Å²) >= 11 is 6.02. The van der Waals surface area contributed by atoms with E-state index in [1.165, 1.54) is 0 Å². The topological polar surface area (TPSA) is 46.6 Å². The summed E-state index contributed by atoms with van der Waals surface area (Å²) in [7, 11) is -3.99. The van der Waals surface area contributed by atoms with Gasteiger partial charge in [0, 0.05) is 24.2 Å². The number of sulfonamides is 1. The molecule has 0 unspecified atom stereocenters. The lowest BCUT2D eigenvalue weighted by molar-refractivity contribution is -0.0296. The Labute approximate surface area is 143 Å². The number of ether oxygens (including phenoxy) is 1. The normalized spacial score (nSPS) is 16.1. The van der Waals surface area contributed by atoms with Crippen LogP contribution in [0.25, 0.3) is 0 Å². The fourth-order valence-corrected chi connectivity index (χ4v) is 4.09. The van der Waals surface area contributed by atoms with Crippen molar-refractivity contribution in [3.05, 3.63) is 64.7 Å². The molecule has 4 nitrogen and oxygen atoms in total. The maximum Gasteiger partial charge on any atom is 0.246 e. The third-order valence-corrected chi connectivity index (χ3v) is 5.99. The van der Waals surface area contributed by atoms with Gasteiger partial charge in [-0.15, -0.1) is 0 Å². The van der Waals surface area contributed by atoms with E-state index < -0.39 is 26.6 Å². The summed E-state index contributed by atoms with van der Waals surface area (Å²) in [6, 6.07) is 9.61. The molecule has 0 aliphatic carbocycles. The minimum atomic E-state index is -3.99. The van der Waals surface area contributed by atoms with Crippen LogP contribution in [0.2, 0.25) is 5.02 Å². The van der Waals surface area contributed by atoms with Gasteiger partial charge >= 0.3 is 0 Å². The lowest BCUT2D eigenvalue weighted by Gasteiger charge is -2.37. The molecule has 24 heavy (non-hydrogen) atoms. The molecule has 0 atom stereocenters. The minimum absolute atomic E-state index is 0.115. The van der Waals surface area contributed by atoms with Crippen LogP contribution in [0.4, 0.5) is 8.78 Å². The third-order valence-electron chi connectivity index (χ3n) is 3.76. The molecule has 1 aliphatic heterocycles. The van der Waals surface area contributed by atoms with E-state index in [-0.39, 0.29) is 25.8 Å². The van der Waals surface area contributed by atoms with Gasteiger partial charge in [-0.3, -0.25) is 0 Å². The number of benzene rings is 2. The van der Waals surface area contributed by atoms with Crippen LogP contribution in [0.1, 0.15) is 5.56 Å². The van der Waals surface area contributed by atoms with Crippen molar-refractivity contribution in [3.8, 4) is 0 Å². The molecular weight excluding hydrogens is 360 g/mol. The fraction of sp³-hybridized carbons (Fsp3) is 0.250. The molecule has 1 aliphatic rings. The molecule has 128 valence electrons. The summed E-state index contributed by atoms with van der Waals surface area (Å²) in [6.45, 7) is 0.496. The van der Waals surface area contributed by atoms with Crippen LogP contribution >= 0.6 is 11.6 Å². The van der Waals surface area contributed by atoms with Crippen LogP contribution in [0.5, 0.6) is 0 Å². The monoisotopic (exact) mass is 373 g/mol. The number of hydrogen-bond donors (Lipinski definition) is 0. The molecule has 0 amide bonds. The van der Waals surface area contributed by atoms with E-state index in [0.717, 1.165) is 22.0 Å². The summed E-state index contributed by atoms with van der Waals surface area (Å²) < 4.78 is 57.9. The molecular formula is C16H14ClF2NO3S. The Bertz CT molecular complexity index is 854. The number of halogens is 3. The second-order valence-corrected chi connectivity index (χ2v) is 7.73. The predicted octanol–water partition coefficient (Wildman–Crippen LogP) is 3.21. The largest absolute Gasteiger partial charge is 0.371 e. The van der Waals surface area contributed by atoms with E-state index >= 15 is 0 Å². The lowest BCUT2D eigenvalue weighted by atomic mass is 10.2. The fourth-order valence-electron chi connectivity index (χ4n) is 2.35. The maximum absolute atomic E-state index is 13.7. The highest BCUT2D eigenvalue weighted by atomic mass is 35.5. The van der Waals surface area contributed by atoms with Crippen LogP contribution in [0, 0.1) is 11.6 Å². The van der Waals surface area contributed by atoms with Gasteiger partial charge in [0.05, 0.1) is 12.7 Å². The van der Waals surface area contributed by atoms with Gasteiger partial charge in [-0.1, -0.05) is 29.8 Å². The summed E-state index contributed by atoms with van der Waals surface area (Å²) in [4.78, 5) is -0.534. The second-order valence-electron chi connectivity index (χ2n) is 5.42. The van der Waals surface area contributed by atoms with Gasteiger partial charge < -0.3 is 4.74 Å². The molecule has 0 spiro atoms. The van der Waals surface area contributed by atoms with Gasteiger partial charge in [0.15, 0.2) is 0 Å². The lowest BCUT2D eigenvalue weighted by Crippen LogP contribution is -2.54. The quantitative estimate of drug-likeness (QED) is 0.808. The van der Waals surface area contributed by atoms with E-state index in [1.54, 1.807) is 12.1 Å². The van der Waals surface area contributed by atoms with Crippen LogP contribution in [-0.4, -0.2) is 31.9 Å². The number of nitrogens with zero attached hydrogens (tertiary/aromatic N) is 1. The zero-order valence-corrected chi connectivity index (χ0v) is 14.0. The van der Waals surface area contributed by atoms with Gasteiger partial charge in [0.2, 0.25) is 10.0 Å². The first-order valence-corrected chi connectivity index (χ1v) is 9.00. The number of rotatable bonds is 5. The van der Waals surface area contributed by atoms with Crippen molar-refractivity contribution in [2.45, 2.75) is 17.6 Å². The van der Waals surface area contributed by atoms with Crippen molar-refractivity contribution >= 4 is 21.6 Å². The Hall–Kier alpha value is -1.54. The molecule has 1 heterocycles. The first-order chi connectivity index (χ1) is 11.4. The Morgan fingerprint density at radius 3 is 2.54 bits per heavy atom. The average molecular weight is 374 g/mol. The molecule has 2 aromatic rings. The molecule has 0 radical (unpaired) electrons. The number of hydrogen-bond acceptors (Lipinski definition) is 3. The van der Waals surface area contributed by atoms with Crippen LogP contribution in [-0.2, 0) is 21.4 Å². The SMILES string of the molecule is O=S(=O)(c1ccc(F)cc1F)N1CC(OCc2ccccc2Cl)C1. The molecule has 1 fully saturated rings. The molecule has 0 saturated carbocycles. The van der Waals surface area contributed by atoms with Crippen molar-refractivity contribution in [2.75, 3.05) is 13.1 Å². The summed E-state index contributed by atoms with van der Waals surface area (Å²) in [5.41, 5.74) is 0.810. The average Bonchev–Trinajstić information content (AvgIpc) is 2.46. The van der Waals surface area contributed by atoms with Gasteiger partial charge in [-0.25, -0.2) is 17.2 Å². The van der Waals surface area contributed by atoms with Crippen molar-refractivity contribution in [3.63, 3.8) is 0 Å². The van der Waals surface area contributed by atoms with Crippen LogP contribution < -0.4 is 0 Å². The first kappa shape index (κ1) is 17.3. The molecule has 8 heteroatoms. The molecule has 3 rings (SSSR count). The van der Waals surface area contributed by atoms with E-state index in [9.17, 15) is 17.2 Å². The molecule has 0 N–H and O–H groups in total. The van der Waals surface area contributed by atoms with Crippen LogP contribution in [0.3, 0.4) is 0 Å². The molecule has 2 aromatic carbocycles. The van der Waals surface area contributed by atoms with Crippen molar-refractivity contribution in [2.24, 2.45) is 0 Å². The first-order valence-electron chi connectivity index (χ1n) is 7.18. The standard InChI is InChI=1S/C16H14ClF2NO3S/c17-14-4-2-1-3-11(14)10-23-13-8-20(9-13)24(21,22)16-6-5-12(18)7-15(16)19/h1-7,13H,8-10H2. The van der Waals surface area contributed by atoms with Gasteiger partial charge in [-0.05, 0) is 23.8 Å². The Balaban J connectivity index is 1.60. The van der Waals surface area contributed by atoms with E-state index in [4.69, 9.17) is 16.3 Å². The van der Waals surface area contributed by atoms with Crippen molar-refractivity contribution in [1.29, 1.82) is 0 Å². The van der Waals surface area contributed by atoms with Gasteiger partial charge in [0.1, 0.15) is 16.5 Å². The van der Waals surface area contributed by atoms with E-state index in [2.05, 4.69) is 0 Å². The molecule has 0 aromatic heterocycles. The Morgan fingerprint density at radius 1 is 1.17 bits per heavy atom. The van der Waals surface area contributed by atoms with E-state index in [1.807, 2.05) is 12.1 Å². The van der Waals surface area contributed by atoms with Crippen molar-refractivity contribution in [1.82, 2.24) is 4.31 Å².